The van der Waals surface area contributed by atoms with Gasteiger partial charge in [0.15, 0.2) is 6.10 Å². The van der Waals surface area contributed by atoms with Crippen LogP contribution >= 0.6 is 0 Å². The first-order valence-corrected chi connectivity index (χ1v) is 26.1. The highest BCUT2D eigenvalue weighted by molar-refractivity contribution is 6.34. The third kappa shape index (κ3) is 23.4. The average Bonchev–Trinajstić information content (AvgIpc) is 4.20. The molecule has 2 aliphatic carbocycles. The lowest BCUT2D eigenvalue weighted by atomic mass is 9.99. The summed E-state index contributed by atoms with van der Waals surface area (Å²) in [5, 5.41) is 12.3. The number of ketones is 1. The van der Waals surface area contributed by atoms with Crippen molar-refractivity contribution < 1.29 is 71.8 Å². The Bertz CT molecular complexity index is 2560. The highest BCUT2D eigenvalue weighted by Gasteiger charge is 2.44. The van der Waals surface area contributed by atoms with Gasteiger partial charge >= 0.3 is 35.9 Å². The predicted octanol–water partition coefficient (Wildman–Crippen LogP) is 5.37. The molecule has 0 fully saturated rings. The molecule has 2 atom stereocenters. The number of rotatable bonds is 22. The smallest absolute Gasteiger partial charge is 0.412 e. The lowest BCUT2D eigenvalue weighted by molar-refractivity contribution is -0.360. The van der Waals surface area contributed by atoms with Crippen LogP contribution in [-0.2, 0) is 107 Å². The number of amides is 1. The SMILES string of the molecule is CCOC(=O)C(=O)Cc1cnccn1.CCOC(=O)C(Cc1cnccn1)OC(=O)Nc1c2c(cc3c1CCC3)CCC2.CCOC(=O)C(O)Cc1cnccn1.CCOC(=O)C(OCC)(OCC)OCC.Cc1cnccn1. The van der Waals surface area contributed by atoms with Crippen LogP contribution in [0, 0.1) is 6.92 Å². The summed E-state index contributed by atoms with van der Waals surface area (Å²) >= 11 is 0. The number of esters is 4. The Kier molecular flexibility index (Phi) is 30.7. The van der Waals surface area contributed by atoms with Crippen LogP contribution in [0.3, 0.4) is 0 Å². The number of hydrogen-bond acceptors (Lipinski definition) is 23. The summed E-state index contributed by atoms with van der Waals surface area (Å²) in [7, 11) is 0. The van der Waals surface area contributed by atoms with E-state index >= 15 is 0 Å². The van der Waals surface area contributed by atoms with Crippen molar-refractivity contribution in [3.63, 3.8) is 0 Å². The maximum absolute atomic E-state index is 12.7. The first-order chi connectivity index (χ1) is 38.2. The van der Waals surface area contributed by atoms with Gasteiger partial charge in [0.05, 0.1) is 81.1 Å². The first kappa shape index (κ1) is 65.5. The fourth-order valence-electron chi connectivity index (χ4n) is 7.55. The number of aliphatic hydroxyl groups is 1. The van der Waals surface area contributed by atoms with E-state index < -0.39 is 53.9 Å². The number of carbonyl (C=O) groups excluding carboxylic acids is 6. The highest BCUT2D eigenvalue weighted by Crippen LogP contribution is 2.38. The fourth-order valence-corrected chi connectivity index (χ4v) is 7.55. The molecular formula is C55H73N9O15. The van der Waals surface area contributed by atoms with E-state index in [0.717, 1.165) is 49.9 Å². The van der Waals surface area contributed by atoms with Gasteiger partial charge < -0.3 is 43.0 Å². The topological polar surface area (TPSA) is 312 Å². The van der Waals surface area contributed by atoms with Crippen LogP contribution in [0.4, 0.5) is 10.5 Å². The number of fused-ring (bicyclic) bond motifs is 2. The van der Waals surface area contributed by atoms with Crippen molar-refractivity contribution in [3.05, 3.63) is 125 Å². The third-order valence-electron chi connectivity index (χ3n) is 10.8. The van der Waals surface area contributed by atoms with Crippen molar-refractivity contribution in [2.24, 2.45) is 0 Å². The Morgan fingerprint density at radius 2 is 1.03 bits per heavy atom. The summed E-state index contributed by atoms with van der Waals surface area (Å²) < 4.78 is 40.2. The van der Waals surface area contributed by atoms with E-state index in [0.29, 0.717) is 36.9 Å². The quantitative estimate of drug-likeness (QED) is 0.0381. The number of benzene rings is 1. The molecule has 0 saturated carbocycles. The minimum Gasteiger partial charge on any atom is -0.464 e. The van der Waals surface area contributed by atoms with Crippen LogP contribution in [0.15, 0.2) is 80.4 Å². The molecule has 7 rings (SSSR count). The van der Waals surface area contributed by atoms with Crippen LogP contribution in [0.2, 0.25) is 0 Å². The minimum atomic E-state index is -1.70. The van der Waals surface area contributed by atoms with Crippen molar-refractivity contribution in [1.82, 2.24) is 39.9 Å². The van der Waals surface area contributed by atoms with Crippen LogP contribution in [0.1, 0.15) is 106 Å². The fraction of sp³-hybridized carbons (Fsp3) is 0.491. The molecule has 1 amide bonds. The molecule has 24 nitrogen and oxygen atoms in total. The molecule has 428 valence electrons. The second-order valence-corrected chi connectivity index (χ2v) is 16.5. The zero-order valence-corrected chi connectivity index (χ0v) is 46.2. The molecule has 1 aromatic carbocycles. The van der Waals surface area contributed by atoms with Crippen LogP contribution in [0.5, 0.6) is 0 Å². The number of anilines is 1. The highest BCUT2D eigenvalue weighted by atomic mass is 16.9. The molecule has 4 heterocycles. The maximum atomic E-state index is 12.7. The Balaban J connectivity index is 0.000000281. The van der Waals surface area contributed by atoms with Gasteiger partial charge in [-0.25, -0.2) is 24.0 Å². The Morgan fingerprint density at radius 3 is 1.46 bits per heavy atom. The van der Waals surface area contributed by atoms with E-state index in [2.05, 4.69) is 60.7 Å². The summed E-state index contributed by atoms with van der Waals surface area (Å²) in [6.07, 6.45) is 22.1. The third-order valence-corrected chi connectivity index (χ3v) is 10.8. The molecule has 2 aliphatic rings. The van der Waals surface area contributed by atoms with Crippen molar-refractivity contribution in [2.75, 3.05) is 51.6 Å². The molecule has 4 aromatic heterocycles. The standard InChI is InChI=1S/C22H25N3O4.C10H20O5.C9H12N2O3.C9H10N2O3.C5H6N2/c1-2-28-21(26)19(12-16-13-23-9-10-24-16)29-22(27)25-20-17-7-3-5-14(17)11-15-6-4-8-18(15)20;1-5-12-9(11)10(13-6-2,14-7-3)15-8-4;2*1-2-14-9(13)8(12)5-7-6-10-3-4-11-7;1-5-4-6-2-3-7-5/h9-11,13,19H,2-8,12H2,1H3,(H,25,27);5-8H2,1-4H3;3-4,6,8,12H,2,5H2,1H3;3-4,6H,2,5H2,1H3;2-4H,1H3. The largest absolute Gasteiger partial charge is 0.464 e. The van der Waals surface area contributed by atoms with Gasteiger partial charge in [0.1, 0.15) is 0 Å². The zero-order valence-electron chi connectivity index (χ0n) is 46.2. The monoisotopic (exact) mass is 1100 g/mol. The summed E-state index contributed by atoms with van der Waals surface area (Å²) in [6, 6.07) is 2.30. The molecule has 2 N–H and O–H groups in total. The minimum absolute atomic E-state index is 0.0628. The Labute approximate surface area is 460 Å². The molecule has 0 radical (unpaired) electrons. The predicted molar refractivity (Wildman–Crippen MR) is 284 cm³/mol. The summed E-state index contributed by atoms with van der Waals surface area (Å²) in [4.78, 5) is 101. The number of hydrogen-bond donors (Lipinski definition) is 2. The second kappa shape index (κ2) is 37.1. The van der Waals surface area contributed by atoms with Gasteiger partial charge in [0.2, 0.25) is 11.9 Å². The van der Waals surface area contributed by atoms with Crippen LogP contribution in [0.25, 0.3) is 0 Å². The lowest BCUT2D eigenvalue weighted by Crippen LogP contribution is -2.48. The van der Waals surface area contributed by atoms with E-state index in [-0.39, 0.29) is 45.7 Å². The number of nitrogens with zero attached hydrogens (tertiary/aromatic N) is 8. The van der Waals surface area contributed by atoms with Gasteiger partial charge in [0, 0.05) is 87.2 Å². The number of aryl methyl sites for hydroxylation is 3. The average molecular weight is 1100 g/mol. The number of carbonyl (C=O) groups is 6. The van der Waals surface area contributed by atoms with Gasteiger partial charge in [-0.1, -0.05) is 6.07 Å². The second-order valence-electron chi connectivity index (χ2n) is 16.5. The van der Waals surface area contributed by atoms with Crippen molar-refractivity contribution in [1.29, 1.82) is 0 Å². The Hall–Kier alpha value is -7.80. The molecular weight excluding hydrogens is 1030 g/mol. The lowest BCUT2D eigenvalue weighted by Gasteiger charge is -2.29. The van der Waals surface area contributed by atoms with Crippen LogP contribution in [-0.4, -0.2) is 145 Å². The summed E-state index contributed by atoms with van der Waals surface area (Å²) in [6.45, 7) is 15.8. The molecule has 0 aliphatic heterocycles. The molecule has 0 spiro atoms. The van der Waals surface area contributed by atoms with E-state index in [1.807, 2.05) is 6.92 Å². The van der Waals surface area contributed by atoms with E-state index in [1.54, 1.807) is 79.5 Å². The van der Waals surface area contributed by atoms with Crippen molar-refractivity contribution in [2.45, 2.75) is 131 Å². The van der Waals surface area contributed by atoms with Gasteiger partial charge in [0.25, 0.3) is 0 Å². The maximum Gasteiger partial charge on any atom is 0.412 e. The molecule has 5 aromatic rings. The van der Waals surface area contributed by atoms with Crippen molar-refractivity contribution in [3.8, 4) is 0 Å². The van der Waals surface area contributed by atoms with Gasteiger partial charge in [-0.3, -0.25) is 50.0 Å². The van der Waals surface area contributed by atoms with Gasteiger partial charge in [-0.05, 0) is 116 Å². The van der Waals surface area contributed by atoms with E-state index in [1.165, 1.54) is 65.6 Å². The normalized spacial score (nSPS) is 12.4. The van der Waals surface area contributed by atoms with Gasteiger partial charge in [-0.2, -0.15) is 0 Å². The number of nitrogens with one attached hydrogen (secondary N) is 1. The molecule has 79 heavy (non-hydrogen) atoms. The number of ether oxygens (including phenoxy) is 8. The van der Waals surface area contributed by atoms with E-state index in [4.69, 9.17) is 28.4 Å². The van der Waals surface area contributed by atoms with Crippen molar-refractivity contribution >= 4 is 41.4 Å². The zero-order chi connectivity index (χ0) is 57.8. The molecule has 0 saturated heterocycles. The molecule has 24 heteroatoms. The number of Topliss-reactive ketones (excluding diaryl/α,β-unsaturated/α-hetero) is 1. The van der Waals surface area contributed by atoms with E-state index in [9.17, 15) is 33.9 Å². The molecule has 2 unspecified atom stereocenters. The Morgan fingerprint density at radius 1 is 0.557 bits per heavy atom. The van der Waals surface area contributed by atoms with Gasteiger partial charge in [-0.15, -0.1) is 0 Å². The summed E-state index contributed by atoms with van der Waals surface area (Å²) in [5.74, 6) is -4.98. The summed E-state index contributed by atoms with van der Waals surface area (Å²) in [5.41, 5.74) is 8.50. The number of aliphatic hydroxyl groups excluding tert-OH is 1. The number of aromatic nitrogens is 8. The van der Waals surface area contributed by atoms with Crippen LogP contribution < -0.4 is 5.32 Å². The first-order valence-electron chi connectivity index (χ1n) is 26.1. The molecule has 0 bridgehead atoms.